The minimum Gasteiger partial charge on any atom is -0.206 e. The van der Waals surface area contributed by atoms with Crippen LogP contribution in [0.2, 0.25) is 0 Å². The van der Waals surface area contributed by atoms with Crippen molar-refractivity contribution in [2.45, 2.75) is 128 Å². The third-order valence-electron chi connectivity index (χ3n) is 10.3. The molecule has 0 bridgehead atoms. The number of hydrogen-bond acceptors (Lipinski definition) is 0. The molecule has 4 rings (SSSR count). The lowest BCUT2D eigenvalue weighted by atomic mass is 9.68. The molecule has 3 aliphatic carbocycles. The smallest absolute Gasteiger partial charge is 0.206 e. The molecule has 5 heteroatoms. The normalized spacial score (nSPS) is 30.4. The van der Waals surface area contributed by atoms with Crippen LogP contribution in [0.1, 0.15) is 133 Å². The zero-order valence-electron chi connectivity index (χ0n) is 24.3. The summed E-state index contributed by atoms with van der Waals surface area (Å²) in [4.78, 5) is 0. The van der Waals surface area contributed by atoms with Crippen LogP contribution in [0.3, 0.4) is 0 Å². The molecule has 0 unspecified atom stereocenters. The lowest BCUT2D eigenvalue weighted by Gasteiger charge is -2.38. The van der Waals surface area contributed by atoms with Gasteiger partial charge in [-0.25, -0.2) is 8.78 Å². The van der Waals surface area contributed by atoms with Crippen molar-refractivity contribution in [2.75, 3.05) is 0 Å². The first-order valence-corrected chi connectivity index (χ1v) is 16.1. The van der Waals surface area contributed by atoms with Gasteiger partial charge in [0.1, 0.15) is 11.6 Å². The molecule has 0 N–H and O–H groups in total. The maximum atomic E-state index is 14.4. The maximum Gasteiger partial charge on any atom is 0.409 e. The van der Waals surface area contributed by atoms with Crippen molar-refractivity contribution in [1.82, 2.24) is 0 Å². The van der Waals surface area contributed by atoms with Gasteiger partial charge in [-0.2, -0.15) is 13.2 Å². The number of allylic oxidation sites excluding steroid dienone is 3. The fourth-order valence-corrected chi connectivity index (χ4v) is 7.83. The summed E-state index contributed by atoms with van der Waals surface area (Å²) >= 11 is 0. The molecule has 0 saturated heterocycles. The van der Waals surface area contributed by atoms with Gasteiger partial charge in [0.05, 0.1) is 0 Å². The highest BCUT2D eigenvalue weighted by Crippen LogP contribution is 2.43. The second-order valence-electron chi connectivity index (χ2n) is 13.1. The number of unbranched alkanes of at least 4 members (excludes halogenated alkanes) is 1. The van der Waals surface area contributed by atoms with Crippen LogP contribution in [0.5, 0.6) is 0 Å². The van der Waals surface area contributed by atoms with E-state index in [1.807, 2.05) is 0 Å². The molecular weight excluding hydrogens is 515 g/mol. The standard InChI is InChI=1S/C35H49F5/c1-2-3-6-25-9-15-28(16-10-25)29-17-11-26(12-18-29)7-4-5-8-27-13-19-30(20-14-27)31-23-33(36)32(34(37)24-31)21-22-35(38,39)40/h5,8,21-30H,2-4,6-7,9-20H2,1H3. The number of rotatable bonds is 10. The van der Waals surface area contributed by atoms with Gasteiger partial charge in [0.2, 0.25) is 0 Å². The minimum absolute atomic E-state index is 0.0517. The molecule has 0 nitrogen and oxygen atoms in total. The van der Waals surface area contributed by atoms with E-state index in [4.69, 9.17) is 0 Å². The molecule has 0 aromatic heterocycles. The Balaban J connectivity index is 1.13. The Morgan fingerprint density at radius 2 is 1.30 bits per heavy atom. The Morgan fingerprint density at radius 1 is 0.750 bits per heavy atom. The second-order valence-corrected chi connectivity index (χ2v) is 13.1. The summed E-state index contributed by atoms with van der Waals surface area (Å²) in [6.45, 7) is 2.30. The van der Waals surface area contributed by atoms with Crippen LogP contribution in [-0.4, -0.2) is 6.18 Å². The van der Waals surface area contributed by atoms with E-state index in [1.54, 1.807) is 0 Å². The monoisotopic (exact) mass is 564 g/mol. The summed E-state index contributed by atoms with van der Waals surface area (Å²) < 4.78 is 65.9. The summed E-state index contributed by atoms with van der Waals surface area (Å²) in [5.74, 6) is 2.54. The van der Waals surface area contributed by atoms with Crippen molar-refractivity contribution >= 4 is 6.08 Å². The fraction of sp³-hybridized carbons (Fsp3) is 0.714. The lowest BCUT2D eigenvalue weighted by Crippen LogP contribution is -2.25. The summed E-state index contributed by atoms with van der Waals surface area (Å²) in [7, 11) is 0. The molecule has 1 aromatic carbocycles. The summed E-state index contributed by atoms with van der Waals surface area (Å²) in [5.41, 5.74) is -0.0714. The van der Waals surface area contributed by atoms with Gasteiger partial charge >= 0.3 is 6.18 Å². The molecule has 40 heavy (non-hydrogen) atoms. The van der Waals surface area contributed by atoms with Gasteiger partial charge in [-0.1, -0.05) is 64.0 Å². The molecule has 3 fully saturated rings. The van der Waals surface area contributed by atoms with Gasteiger partial charge in [-0.3, -0.25) is 0 Å². The third kappa shape index (κ3) is 9.44. The molecule has 1 aromatic rings. The summed E-state index contributed by atoms with van der Waals surface area (Å²) in [6.07, 6.45) is 22.3. The molecule has 0 spiro atoms. The first-order chi connectivity index (χ1) is 19.2. The Morgan fingerprint density at radius 3 is 1.82 bits per heavy atom. The van der Waals surface area contributed by atoms with E-state index < -0.39 is 23.4 Å². The molecule has 3 saturated carbocycles. The van der Waals surface area contributed by atoms with E-state index in [0.717, 1.165) is 55.8 Å². The SMILES string of the molecule is CCCCC1CCC(C2CCC(CCC=CC3CCC(c4cc(F)c(C=CC(F)(F)F)c(F)c4)CC3)CC2)CC1. The highest BCUT2D eigenvalue weighted by Gasteiger charge is 2.30. The number of halogens is 5. The Kier molecular flexibility index (Phi) is 11.7. The lowest BCUT2D eigenvalue weighted by molar-refractivity contribution is -0.0790. The molecular formula is C35H49F5. The van der Waals surface area contributed by atoms with Crippen molar-refractivity contribution in [3.05, 3.63) is 53.1 Å². The predicted octanol–water partition coefficient (Wildman–Crippen LogP) is 12.0. The van der Waals surface area contributed by atoms with Gasteiger partial charge in [-0.15, -0.1) is 0 Å². The van der Waals surface area contributed by atoms with Crippen LogP contribution < -0.4 is 0 Å². The average Bonchev–Trinajstić information content (AvgIpc) is 2.94. The fourth-order valence-electron chi connectivity index (χ4n) is 7.83. The van der Waals surface area contributed by atoms with Crippen molar-refractivity contribution in [3.8, 4) is 0 Å². The van der Waals surface area contributed by atoms with E-state index in [-0.39, 0.29) is 12.0 Å². The molecule has 0 aliphatic heterocycles. The zero-order chi connectivity index (χ0) is 28.5. The highest BCUT2D eigenvalue weighted by atomic mass is 19.4. The van der Waals surface area contributed by atoms with Crippen LogP contribution in [0, 0.1) is 41.2 Å². The Labute approximate surface area is 238 Å². The van der Waals surface area contributed by atoms with E-state index >= 15 is 0 Å². The van der Waals surface area contributed by atoms with Gasteiger partial charge in [-0.05, 0) is 123 Å². The Hall–Kier alpha value is -1.65. The van der Waals surface area contributed by atoms with Crippen LogP contribution >= 0.6 is 0 Å². The molecule has 224 valence electrons. The van der Waals surface area contributed by atoms with Crippen LogP contribution in [0.4, 0.5) is 22.0 Å². The van der Waals surface area contributed by atoms with Gasteiger partial charge < -0.3 is 0 Å². The minimum atomic E-state index is -4.60. The number of hydrogen-bond donors (Lipinski definition) is 0. The molecule has 0 amide bonds. The zero-order valence-corrected chi connectivity index (χ0v) is 24.3. The third-order valence-corrected chi connectivity index (χ3v) is 10.3. The first kappa shape index (κ1) is 31.3. The molecule has 3 aliphatic rings. The maximum absolute atomic E-state index is 14.4. The van der Waals surface area contributed by atoms with E-state index in [0.29, 0.717) is 17.6 Å². The van der Waals surface area contributed by atoms with E-state index in [2.05, 4.69) is 19.1 Å². The molecule has 0 atom stereocenters. The van der Waals surface area contributed by atoms with Gasteiger partial charge in [0.25, 0.3) is 0 Å². The predicted molar refractivity (Wildman–Crippen MR) is 155 cm³/mol. The molecule has 0 heterocycles. The summed E-state index contributed by atoms with van der Waals surface area (Å²) in [5, 5.41) is 0. The van der Waals surface area contributed by atoms with E-state index in [9.17, 15) is 22.0 Å². The molecule has 0 radical (unpaired) electrons. The topological polar surface area (TPSA) is 0 Å². The van der Waals surface area contributed by atoms with Crippen LogP contribution in [-0.2, 0) is 0 Å². The van der Waals surface area contributed by atoms with Crippen LogP contribution in [0.15, 0.2) is 30.4 Å². The van der Waals surface area contributed by atoms with Gasteiger partial charge in [0, 0.05) is 11.6 Å². The van der Waals surface area contributed by atoms with Crippen LogP contribution in [0.25, 0.3) is 6.08 Å². The second kappa shape index (κ2) is 15.0. The average molecular weight is 565 g/mol. The van der Waals surface area contributed by atoms with Crippen molar-refractivity contribution in [2.24, 2.45) is 29.6 Å². The largest absolute Gasteiger partial charge is 0.409 e. The Bertz CT molecular complexity index is 929. The van der Waals surface area contributed by atoms with E-state index in [1.165, 1.54) is 89.2 Å². The van der Waals surface area contributed by atoms with Crippen molar-refractivity contribution in [1.29, 1.82) is 0 Å². The highest BCUT2D eigenvalue weighted by molar-refractivity contribution is 5.52. The van der Waals surface area contributed by atoms with Crippen molar-refractivity contribution in [3.63, 3.8) is 0 Å². The number of alkyl halides is 3. The first-order valence-electron chi connectivity index (χ1n) is 16.1. The quantitative estimate of drug-likeness (QED) is 0.196. The van der Waals surface area contributed by atoms with Gasteiger partial charge in [0.15, 0.2) is 0 Å². The summed E-state index contributed by atoms with van der Waals surface area (Å²) in [6, 6.07) is 2.43. The number of benzene rings is 1. The van der Waals surface area contributed by atoms with Crippen molar-refractivity contribution < 1.29 is 22.0 Å².